The molecule has 0 saturated carbocycles. The van der Waals surface area contributed by atoms with E-state index in [9.17, 15) is 31.1 Å². The summed E-state index contributed by atoms with van der Waals surface area (Å²) in [5.41, 5.74) is -3.06. The highest BCUT2D eigenvalue weighted by atomic mass is 19.4. The number of alkyl halides is 5. The molecule has 2 aliphatic rings. The first kappa shape index (κ1) is 19.6. The van der Waals surface area contributed by atoms with Crippen molar-refractivity contribution in [2.24, 2.45) is 5.92 Å². The van der Waals surface area contributed by atoms with Gasteiger partial charge in [-0.3, -0.25) is 0 Å². The third-order valence-electron chi connectivity index (χ3n) is 5.00. The van der Waals surface area contributed by atoms with E-state index in [0.29, 0.717) is 0 Å². The standard InChI is InChI=1S/C16H14F6O5/c1-6-9(12(13(23)24-3)25-14(6,2)15(18,19)20)7-4-5-8(17)11-10(7)26-16(21,22)27-11/h4-6,9,12H,1-3H3/t6-,9-,12?,14+/m0/s1. The highest BCUT2D eigenvalue weighted by Gasteiger charge is 2.66. The molecule has 150 valence electrons. The molecule has 1 aromatic rings. The van der Waals surface area contributed by atoms with Crippen LogP contribution in [0.3, 0.4) is 0 Å². The van der Waals surface area contributed by atoms with Gasteiger partial charge < -0.3 is 18.9 Å². The van der Waals surface area contributed by atoms with E-state index >= 15 is 0 Å². The molecule has 2 heterocycles. The van der Waals surface area contributed by atoms with E-state index in [-0.39, 0.29) is 5.56 Å². The molecule has 0 radical (unpaired) electrons. The Labute approximate surface area is 149 Å². The minimum Gasteiger partial charge on any atom is -0.467 e. The lowest BCUT2D eigenvalue weighted by Crippen LogP contribution is -2.47. The van der Waals surface area contributed by atoms with Gasteiger partial charge in [-0.2, -0.15) is 13.2 Å². The number of carbonyl (C=O) groups excluding carboxylic acids is 1. The zero-order valence-corrected chi connectivity index (χ0v) is 14.2. The van der Waals surface area contributed by atoms with Crippen LogP contribution >= 0.6 is 0 Å². The van der Waals surface area contributed by atoms with Crippen LogP contribution in [0.1, 0.15) is 25.3 Å². The molecule has 0 spiro atoms. The van der Waals surface area contributed by atoms with Crippen molar-refractivity contribution >= 4 is 5.97 Å². The van der Waals surface area contributed by atoms with Gasteiger partial charge in [0.25, 0.3) is 0 Å². The van der Waals surface area contributed by atoms with Crippen LogP contribution in [0.5, 0.6) is 11.5 Å². The summed E-state index contributed by atoms with van der Waals surface area (Å²) in [6.07, 6.45) is -10.8. The fourth-order valence-electron chi connectivity index (χ4n) is 3.39. The van der Waals surface area contributed by atoms with Crippen LogP contribution in [-0.2, 0) is 14.3 Å². The second-order valence-electron chi connectivity index (χ2n) is 6.44. The lowest BCUT2D eigenvalue weighted by Gasteiger charge is -2.31. The van der Waals surface area contributed by atoms with Gasteiger partial charge in [-0.25, -0.2) is 9.18 Å². The van der Waals surface area contributed by atoms with Crippen LogP contribution in [0, 0.1) is 11.7 Å². The minimum absolute atomic E-state index is 0.278. The second kappa shape index (κ2) is 5.91. The minimum atomic E-state index is -4.88. The molecule has 4 atom stereocenters. The molecule has 1 aromatic carbocycles. The highest BCUT2D eigenvalue weighted by molar-refractivity contribution is 5.77. The van der Waals surface area contributed by atoms with Crippen LogP contribution in [0.25, 0.3) is 0 Å². The van der Waals surface area contributed by atoms with E-state index in [1.54, 1.807) is 0 Å². The number of hydrogen-bond acceptors (Lipinski definition) is 5. The number of fused-ring (bicyclic) bond motifs is 1. The Bertz CT molecular complexity index is 779. The van der Waals surface area contributed by atoms with Crippen LogP contribution in [-0.4, -0.2) is 37.3 Å². The smallest absolute Gasteiger partial charge is 0.467 e. The number of hydrogen-bond donors (Lipinski definition) is 0. The van der Waals surface area contributed by atoms with Gasteiger partial charge in [0.2, 0.25) is 5.75 Å². The van der Waals surface area contributed by atoms with Gasteiger partial charge in [0, 0.05) is 17.4 Å². The lowest BCUT2D eigenvalue weighted by molar-refractivity contribution is -0.287. The summed E-state index contributed by atoms with van der Waals surface area (Å²) in [5, 5.41) is 0. The molecule has 0 bridgehead atoms. The number of methoxy groups -OCH3 is 1. The van der Waals surface area contributed by atoms with Crippen LogP contribution in [0.4, 0.5) is 26.3 Å². The molecular formula is C16H14F6O5. The predicted octanol–water partition coefficient (Wildman–Crippen LogP) is 3.76. The van der Waals surface area contributed by atoms with Crippen molar-refractivity contribution in [1.29, 1.82) is 0 Å². The van der Waals surface area contributed by atoms with Crippen molar-refractivity contribution in [1.82, 2.24) is 0 Å². The molecule has 3 rings (SSSR count). The average Bonchev–Trinajstić information content (AvgIpc) is 3.03. The number of carbonyl (C=O) groups is 1. The van der Waals surface area contributed by atoms with Crippen LogP contribution < -0.4 is 9.47 Å². The zero-order valence-electron chi connectivity index (χ0n) is 14.2. The second-order valence-corrected chi connectivity index (χ2v) is 6.44. The average molecular weight is 400 g/mol. The largest absolute Gasteiger partial charge is 0.586 e. The maximum atomic E-state index is 13.8. The summed E-state index contributed by atoms with van der Waals surface area (Å²) in [4.78, 5) is 12.0. The predicted molar refractivity (Wildman–Crippen MR) is 75.9 cm³/mol. The number of halogens is 6. The number of benzene rings is 1. The summed E-state index contributed by atoms with van der Waals surface area (Å²) >= 11 is 0. The molecule has 2 aliphatic heterocycles. The lowest BCUT2D eigenvalue weighted by atomic mass is 9.77. The van der Waals surface area contributed by atoms with Gasteiger partial charge >= 0.3 is 18.4 Å². The normalized spacial score (nSPS) is 31.8. The topological polar surface area (TPSA) is 54.0 Å². The number of esters is 1. The van der Waals surface area contributed by atoms with E-state index in [4.69, 9.17) is 4.74 Å². The fraction of sp³-hybridized carbons (Fsp3) is 0.562. The van der Waals surface area contributed by atoms with Crippen molar-refractivity contribution in [2.45, 2.75) is 43.9 Å². The van der Waals surface area contributed by atoms with Crippen molar-refractivity contribution in [3.05, 3.63) is 23.5 Å². The molecule has 0 N–H and O–H groups in total. The first-order chi connectivity index (χ1) is 12.3. The van der Waals surface area contributed by atoms with E-state index in [2.05, 4.69) is 14.2 Å². The Kier molecular flexibility index (Phi) is 4.29. The van der Waals surface area contributed by atoms with Crippen LogP contribution in [0.2, 0.25) is 0 Å². The van der Waals surface area contributed by atoms with Gasteiger partial charge in [0.15, 0.2) is 23.3 Å². The molecular weight excluding hydrogens is 386 g/mol. The first-order valence-corrected chi connectivity index (χ1v) is 7.73. The molecule has 5 nitrogen and oxygen atoms in total. The van der Waals surface area contributed by atoms with Gasteiger partial charge in [-0.15, -0.1) is 8.78 Å². The van der Waals surface area contributed by atoms with Crippen molar-refractivity contribution in [3.63, 3.8) is 0 Å². The quantitative estimate of drug-likeness (QED) is 0.559. The monoisotopic (exact) mass is 400 g/mol. The molecule has 0 aliphatic carbocycles. The molecule has 27 heavy (non-hydrogen) atoms. The Balaban J connectivity index is 2.15. The SMILES string of the molecule is COC(=O)C1O[C@@](C)(C(F)(F)F)[C@@H](C)[C@H]1c1ccc(F)c2c1OC(F)(F)O2. The number of ether oxygens (including phenoxy) is 4. The molecule has 1 unspecified atom stereocenters. The Morgan fingerprint density at radius 1 is 1.19 bits per heavy atom. The Hall–Kier alpha value is -2.17. The van der Waals surface area contributed by atoms with Crippen LogP contribution in [0.15, 0.2) is 12.1 Å². The molecule has 1 fully saturated rings. The first-order valence-electron chi connectivity index (χ1n) is 7.73. The van der Waals surface area contributed by atoms with Crippen molar-refractivity contribution in [3.8, 4) is 11.5 Å². The summed E-state index contributed by atoms with van der Waals surface area (Å²) in [6, 6.07) is 1.70. The van der Waals surface area contributed by atoms with E-state index in [1.807, 2.05) is 0 Å². The zero-order chi connectivity index (χ0) is 20.4. The van der Waals surface area contributed by atoms with Crippen molar-refractivity contribution < 1.29 is 50.1 Å². The molecule has 1 saturated heterocycles. The maximum absolute atomic E-state index is 13.8. The summed E-state index contributed by atoms with van der Waals surface area (Å²) in [7, 11) is 0.944. The molecule has 11 heteroatoms. The van der Waals surface area contributed by atoms with Gasteiger partial charge in [-0.1, -0.05) is 13.0 Å². The van der Waals surface area contributed by atoms with Crippen molar-refractivity contribution in [2.75, 3.05) is 7.11 Å². The van der Waals surface area contributed by atoms with Gasteiger partial charge in [-0.05, 0) is 13.0 Å². The van der Waals surface area contributed by atoms with E-state index in [0.717, 1.165) is 33.1 Å². The van der Waals surface area contributed by atoms with E-state index in [1.165, 1.54) is 0 Å². The van der Waals surface area contributed by atoms with Gasteiger partial charge in [0.05, 0.1) is 7.11 Å². The molecule has 0 amide bonds. The molecule has 0 aromatic heterocycles. The fourth-order valence-corrected chi connectivity index (χ4v) is 3.39. The summed E-state index contributed by atoms with van der Waals surface area (Å²) in [5.74, 6) is -6.88. The van der Waals surface area contributed by atoms with Gasteiger partial charge in [0.1, 0.15) is 0 Å². The maximum Gasteiger partial charge on any atom is 0.586 e. The Morgan fingerprint density at radius 2 is 1.78 bits per heavy atom. The highest BCUT2D eigenvalue weighted by Crippen LogP contribution is 2.57. The summed E-state index contributed by atoms with van der Waals surface area (Å²) < 4.78 is 99.3. The third kappa shape index (κ3) is 2.88. The Morgan fingerprint density at radius 3 is 2.33 bits per heavy atom. The number of rotatable bonds is 2. The van der Waals surface area contributed by atoms with E-state index < -0.39 is 59.3 Å². The third-order valence-corrected chi connectivity index (χ3v) is 5.00. The summed E-state index contributed by atoms with van der Waals surface area (Å²) in [6.45, 7) is 1.88.